The number of nitrogens with zero attached hydrogens (tertiary/aromatic N) is 1. The van der Waals surface area contributed by atoms with Gasteiger partial charge in [0.25, 0.3) is 0 Å². The summed E-state index contributed by atoms with van der Waals surface area (Å²) in [6.45, 7) is 3.86. The molecular weight excluding hydrogens is 260 g/mol. The number of hydrogen-bond acceptors (Lipinski definition) is 2. The van der Waals surface area contributed by atoms with E-state index in [0.29, 0.717) is 0 Å². The summed E-state index contributed by atoms with van der Waals surface area (Å²) in [5.41, 5.74) is 1.21. The van der Waals surface area contributed by atoms with E-state index >= 15 is 0 Å². The molecule has 3 nitrogen and oxygen atoms in total. The predicted molar refractivity (Wildman–Crippen MR) is 78.4 cm³/mol. The van der Waals surface area contributed by atoms with Crippen LogP contribution in [0.3, 0.4) is 0 Å². The smallest absolute Gasteiger partial charge is 0.227 e. The average Bonchev–Trinajstić information content (AvgIpc) is 2.93. The number of carbonyl (C=O) groups excluding carboxylic acids is 1. The fraction of sp³-hybridized carbons (Fsp3) is 0.533. The molecule has 19 heavy (non-hydrogen) atoms. The summed E-state index contributed by atoms with van der Waals surface area (Å²) in [5.74, 6) is 0.407. The molecule has 0 radical (unpaired) electrons. The van der Waals surface area contributed by atoms with E-state index in [-0.39, 0.29) is 17.9 Å². The third-order valence-corrected chi connectivity index (χ3v) is 4.11. The maximum Gasteiger partial charge on any atom is 0.227 e. The van der Waals surface area contributed by atoms with E-state index in [4.69, 9.17) is 11.6 Å². The van der Waals surface area contributed by atoms with Crippen LogP contribution in [0.5, 0.6) is 0 Å². The maximum absolute atomic E-state index is 12.3. The Morgan fingerprint density at radius 2 is 2.16 bits per heavy atom. The highest BCUT2D eigenvalue weighted by Gasteiger charge is 2.27. The minimum absolute atomic E-state index is 0.151. The number of likely N-dealkylation sites (N-methyl/N-ethyl adjacent to an activating group) is 1. The number of hydrogen-bond donors (Lipinski definition) is 1. The Morgan fingerprint density at radius 3 is 2.74 bits per heavy atom. The van der Waals surface area contributed by atoms with Crippen LogP contribution in [0.4, 0.5) is 0 Å². The molecule has 1 aromatic rings. The van der Waals surface area contributed by atoms with E-state index < -0.39 is 0 Å². The molecule has 2 unspecified atom stereocenters. The first-order valence-corrected chi connectivity index (χ1v) is 7.17. The van der Waals surface area contributed by atoms with Gasteiger partial charge in [0, 0.05) is 24.7 Å². The summed E-state index contributed by atoms with van der Waals surface area (Å²) < 4.78 is 0. The summed E-state index contributed by atoms with van der Waals surface area (Å²) in [6, 6.07) is 8.04. The van der Waals surface area contributed by atoms with Gasteiger partial charge in [-0.05, 0) is 44.0 Å². The molecule has 104 valence electrons. The van der Waals surface area contributed by atoms with Crippen molar-refractivity contribution >= 4 is 17.5 Å². The first-order chi connectivity index (χ1) is 9.08. The lowest BCUT2D eigenvalue weighted by Gasteiger charge is -2.27. The van der Waals surface area contributed by atoms with Crippen LogP contribution < -0.4 is 5.32 Å². The second-order valence-electron chi connectivity index (χ2n) is 5.32. The largest absolute Gasteiger partial charge is 0.342 e. The van der Waals surface area contributed by atoms with E-state index in [1.165, 1.54) is 5.56 Å². The van der Waals surface area contributed by atoms with Gasteiger partial charge in [-0.15, -0.1) is 0 Å². The molecule has 2 rings (SSSR count). The van der Waals surface area contributed by atoms with Crippen LogP contribution in [-0.2, 0) is 11.2 Å². The molecule has 1 amide bonds. The lowest BCUT2D eigenvalue weighted by molar-refractivity contribution is -0.135. The average molecular weight is 281 g/mol. The van der Waals surface area contributed by atoms with Crippen molar-refractivity contribution in [3.8, 4) is 0 Å². The van der Waals surface area contributed by atoms with Crippen molar-refractivity contribution in [3.05, 3.63) is 34.9 Å². The number of rotatable bonds is 4. The van der Waals surface area contributed by atoms with Gasteiger partial charge in [0.1, 0.15) is 0 Å². The minimum atomic E-state index is 0.151. The van der Waals surface area contributed by atoms with Crippen molar-refractivity contribution in [2.75, 3.05) is 20.1 Å². The van der Waals surface area contributed by atoms with Crippen LogP contribution in [-0.4, -0.2) is 37.0 Å². The van der Waals surface area contributed by atoms with Crippen molar-refractivity contribution in [2.24, 2.45) is 5.92 Å². The molecule has 2 atom stereocenters. The van der Waals surface area contributed by atoms with Gasteiger partial charge in [0.2, 0.25) is 5.91 Å². The molecule has 1 fully saturated rings. The third kappa shape index (κ3) is 3.71. The van der Waals surface area contributed by atoms with Crippen LogP contribution in [0.25, 0.3) is 0 Å². The molecular formula is C15H21ClN2O. The van der Waals surface area contributed by atoms with Crippen molar-refractivity contribution in [2.45, 2.75) is 25.8 Å². The van der Waals surface area contributed by atoms with Gasteiger partial charge in [-0.3, -0.25) is 4.79 Å². The van der Waals surface area contributed by atoms with E-state index in [0.717, 1.165) is 31.0 Å². The van der Waals surface area contributed by atoms with Crippen molar-refractivity contribution < 1.29 is 4.79 Å². The van der Waals surface area contributed by atoms with Crippen LogP contribution >= 0.6 is 11.6 Å². The Kier molecular flexibility index (Phi) is 4.83. The molecule has 0 aliphatic carbocycles. The number of nitrogens with one attached hydrogen (secondary N) is 1. The van der Waals surface area contributed by atoms with Gasteiger partial charge in [-0.25, -0.2) is 0 Å². The molecule has 0 aromatic heterocycles. The van der Waals surface area contributed by atoms with Crippen LogP contribution in [0.2, 0.25) is 5.02 Å². The SMILES string of the molecule is CC(Cc1ccc(Cl)cc1)N(C)C(=O)C1CCNC1. The Morgan fingerprint density at radius 1 is 1.47 bits per heavy atom. The number of amides is 1. The summed E-state index contributed by atoms with van der Waals surface area (Å²) >= 11 is 5.88. The van der Waals surface area contributed by atoms with Gasteiger partial charge in [0.05, 0.1) is 5.92 Å². The summed E-state index contributed by atoms with van der Waals surface area (Å²) in [5, 5.41) is 3.99. The highest BCUT2D eigenvalue weighted by molar-refractivity contribution is 6.30. The molecule has 4 heteroatoms. The number of benzene rings is 1. The molecule has 0 spiro atoms. The van der Waals surface area contributed by atoms with E-state index in [9.17, 15) is 4.79 Å². The van der Waals surface area contributed by atoms with Crippen LogP contribution in [0.1, 0.15) is 18.9 Å². The molecule has 1 aliphatic heterocycles. The third-order valence-electron chi connectivity index (χ3n) is 3.86. The van der Waals surface area contributed by atoms with Gasteiger partial charge in [-0.1, -0.05) is 23.7 Å². The molecule has 1 aliphatic rings. The van der Waals surface area contributed by atoms with Crippen LogP contribution in [0, 0.1) is 5.92 Å². The van der Waals surface area contributed by atoms with Crippen molar-refractivity contribution in [1.29, 1.82) is 0 Å². The lowest BCUT2D eigenvalue weighted by Crippen LogP contribution is -2.40. The fourth-order valence-electron chi connectivity index (χ4n) is 2.47. The Hall–Kier alpha value is -1.06. The molecule has 0 bridgehead atoms. The molecule has 1 N–H and O–H groups in total. The number of halogens is 1. The summed E-state index contributed by atoms with van der Waals surface area (Å²) in [7, 11) is 1.90. The first kappa shape index (κ1) is 14.4. The lowest BCUT2D eigenvalue weighted by atomic mass is 10.0. The zero-order valence-electron chi connectivity index (χ0n) is 11.5. The zero-order valence-corrected chi connectivity index (χ0v) is 12.3. The van der Waals surface area contributed by atoms with Crippen LogP contribution in [0.15, 0.2) is 24.3 Å². The second-order valence-corrected chi connectivity index (χ2v) is 5.75. The normalized spacial score (nSPS) is 20.3. The Bertz CT molecular complexity index is 426. The van der Waals surface area contributed by atoms with Gasteiger partial charge >= 0.3 is 0 Å². The summed E-state index contributed by atoms with van der Waals surface area (Å²) in [6.07, 6.45) is 1.82. The van der Waals surface area contributed by atoms with Crippen molar-refractivity contribution in [3.63, 3.8) is 0 Å². The van der Waals surface area contributed by atoms with E-state index in [2.05, 4.69) is 12.2 Å². The topological polar surface area (TPSA) is 32.3 Å². The maximum atomic E-state index is 12.3. The second kappa shape index (κ2) is 6.40. The monoisotopic (exact) mass is 280 g/mol. The standard InChI is InChI=1S/C15H21ClN2O/c1-11(9-12-3-5-14(16)6-4-12)18(2)15(19)13-7-8-17-10-13/h3-6,11,13,17H,7-10H2,1-2H3. The summed E-state index contributed by atoms with van der Waals surface area (Å²) in [4.78, 5) is 14.2. The Balaban J connectivity index is 1.92. The quantitative estimate of drug-likeness (QED) is 0.918. The van der Waals surface area contributed by atoms with Gasteiger partial charge in [0.15, 0.2) is 0 Å². The van der Waals surface area contributed by atoms with Gasteiger partial charge in [-0.2, -0.15) is 0 Å². The fourth-order valence-corrected chi connectivity index (χ4v) is 2.60. The van der Waals surface area contributed by atoms with Crippen molar-refractivity contribution in [1.82, 2.24) is 10.2 Å². The number of carbonyl (C=O) groups is 1. The highest BCUT2D eigenvalue weighted by Crippen LogP contribution is 2.16. The zero-order chi connectivity index (χ0) is 13.8. The Labute approximate surface area is 119 Å². The predicted octanol–water partition coefficient (Wildman–Crippen LogP) is 2.34. The minimum Gasteiger partial charge on any atom is -0.342 e. The highest BCUT2D eigenvalue weighted by atomic mass is 35.5. The molecule has 1 saturated heterocycles. The molecule has 0 saturated carbocycles. The van der Waals surface area contributed by atoms with Gasteiger partial charge < -0.3 is 10.2 Å². The van der Waals surface area contributed by atoms with E-state index in [1.54, 1.807) is 0 Å². The van der Waals surface area contributed by atoms with E-state index in [1.807, 2.05) is 36.2 Å². The molecule has 1 heterocycles. The molecule has 1 aromatic carbocycles. The first-order valence-electron chi connectivity index (χ1n) is 6.79.